The van der Waals surface area contributed by atoms with Crippen molar-refractivity contribution in [2.75, 3.05) is 11.9 Å². The second kappa shape index (κ2) is 10.2. The molecular weight excluding hydrogens is 244 g/mol. The van der Waals surface area contributed by atoms with Crippen molar-refractivity contribution in [1.82, 2.24) is 4.98 Å². The third-order valence-electron chi connectivity index (χ3n) is 3.08. The molecule has 0 bridgehead atoms. The topological polar surface area (TPSA) is 24.9 Å². The molecule has 0 atom stereocenters. The van der Waals surface area contributed by atoms with Crippen molar-refractivity contribution in [2.24, 2.45) is 0 Å². The molecule has 1 N–H and O–H groups in total. The number of unbranched alkanes of at least 4 members (excludes halogenated alkanes) is 7. The third-order valence-corrected chi connectivity index (χ3v) is 3.39. The van der Waals surface area contributed by atoms with E-state index in [2.05, 4.69) is 17.2 Å². The Bertz CT molecular complexity index is 315. The number of aromatic nitrogens is 1. The van der Waals surface area contributed by atoms with Gasteiger partial charge in [-0.05, 0) is 18.6 Å². The lowest BCUT2D eigenvalue weighted by molar-refractivity contribution is 0.581. The summed E-state index contributed by atoms with van der Waals surface area (Å²) in [6.45, 7) is 3.22. The minimum absolute atomic E-state index is 0.706. The van der Waals surface area contributed by atoms with Crippen LogP contribution in [0.2, 0.25) is 5.02 Å². The molecule has 0 saturated heterocycles. The van der Waals surface area contributed by atoms with E-state index in [0.29, 0.717) is 5.02 Å². The molecule has 0 saturated carbocycles. The summed E-state index contributed by atoms with van der Waals surface area (Å²) in [5.41, 5.74) is 0. The Morgan fingerprint density at radius 2 is 1.72 bits per heavy atom. The molecule has 1 rings (SSSR count). The monoisotopic (exact) mass is 268 g/mol. The maximum absolute atomic E-state index is 6.01. The van der Waals surface area contributed by atoms with Crippen molar-refractivity contribution in [3.63, 3.8) is 0 Å². The number of nitrogens with one attached hydrogen (secondary N) is 1. The van der Waals surface area contributed by atoms with Gasteiger partial charge in [-0.15, -0.1) is 0 Å². The number of pyridine rings is 1. The molecule has 1 aromatic heterocycles. The van der Waals surface area contributed by atoms with Crippen LogP contribution in [-0.2, 0) is 0 Å². The van der Waals surface area contributed by atoms with Crippen LogP contribution in [0.25, 0.3) is 0 Å². The molecule has 0 amide bonds. The van der Waals surface area contributed by atoms with E-state index in [1.807, 2.05) is 12.1 Å². The van der Waals surface area contributed by atoms with Gasteiger partial charge in [0.2, 0.25) is 0 Å². The van der Waals surface area contributed by atoms with Gasteiger partial charge in [0.1, 0.15) is 5.82 Å². The summed E-state index contributed by atoms with van der Waals surface area (Å²) in [6, 6.07) is 3.72. The first-order valence-electron chi connectivity index (χ1n) is 7.19. The molecule has 0 aliphatic heterocycles. The van der Waals surface area contributed by atoms with Gasteiger partial charge < -0.3 is 5.32 Å². The molecule has 0 aliphatic rings. The van der Waals surface area contributed by atoms with Crippen LogP contribution >= 0.6 is 11.6 Å². The van der Waals surface area contributed by atoms with Crippen LogP contribution in [0.5, 0.6) is 0 Å². The van der Waals surface area contributed by atoms with Crippen LogP contribution in [-0.4, -0.2) is 11.5 Å². The van der Waals surface area contributed by atoms with Crippen molar-refractivity contribution in [3.05, 3.63) is 23.4 Å². The van der Waals surface area contributed by atoms with Gasteiger partial charge in [-0.25, -0.2) is 4.98 Å². The lowest BCUT2D eigenvalue weighted by Crippen LogP contribution is -2.03. The highest BCUT2D eigenvalue weighted by molar-refractivity contribution is 6.32. The predicted octanol–water partition coefficient (Wildman–Crippen LogP) is 5.29. The van der Waals surface area contributed by atoms with Gasteiger partial charge in [0.25, 0.3) is 0 Å². The van der Waals surface area contributed by atoms with Crippen molar-refractivity contribution in [1.29, 1.82) is 0 Å². The van der Waals surface area contributed by atoms with E-state index < -0.39 is 0 Å². The number of nitrogens with zero attached hydrogens (tertiary/aromatic N) is 1. The van der Waals surface area contributed by atoms with Gasteiger partial charge in [-0.2, -0.15) is 0 Å². The summed E-state index contributed by atoms with van der Waals surface area (Å²) in [5, 5.41) is 3.99. The van der Waals surface area contributed by atoms with Crippen LogP contribution in [0.15, 0.2) is 18.3 Å². The van der Waals surface area contributed by atoms with Gasteiger partial charge in [0.05, 0.1) is 5.02 Å². The average molecular weight is 269 g/mol. The lowest BCUT2D eigenvalue weighted by atomic mass is 10.1. The fourth-order valence-corrected chi connectivity index (χ4v) is 2.17. The Morgan fingerprint density at radius 1 is 1.06 bits per heavy atom. The molecule has 0 radical (unpaired) electrons. The summed E-state index contributed by atoms with van der Waals surface area (Å²) in [5.74, 6) is 0.808. The molecule has 0 unspecified atom stereocenters. The van der Waals surface area contributed by atoms with Crippen LogP contribution < -0.4 is 5.32 Å². The zero-order chi connectivity index (χ0) is 13.1. The second-order valence-corrected chi connectivity index (χ2v) is 5.14. The maximum Gasteiger partial charge on any atom is 0.144 e. The SMILES string of the molecule is CCCCCCCCCCNc1ncccc1Cl. The normalized spacial score (nSPS) is 10.6. The Morgan fingerprint density at radius 3 is 2.39 bits per heavy atom. The van der Waals surface area contributed by atoms with E-state index in [1.54, 1.807) is 6.20 Å². The van der Waals surface area contributed by atoms with Crippen LogP contribution in [0, 0.1) is 0 Å². The first-order valence-corrected chi connectivity index (χ1v) is 7.56. The molecule has 0 fully saturated rings. The number of anilines is 1. The maximum atomic E-state index is 6.01. The third kappa shape index (κ3) is 6.85. The Kier molecular flexibility index (Phi) is 8.66. The molecule has 2 nitrogen and oxygen atoms in total. The molecule has 1 aromatic rings. The molecule has 102 valence electrons. The minimum atomic E-state index is 0.706. The highest BCUT2D eigenvalue weighted by atomic mass is 35.5. The van der Waals surface area contributed by atoms with E-state index in [9.17, 15) is 0 Å². The number of rotatable bonds is 10. The van der Waals surface area contributed by atoms with Crippen LogP contribution in [0.1, 0.15) is 58.3 Å². The standard InChI is InChI=1S/C15H25ClN2/c1-2-3-4-5-6-7-8-9-12-17-15-14(16)11-10-13-18-15/h10-11,13H,2-9,12H2,1H3,(H,17,18). The Hall–Kier alpha value is -0.760. The predicted molar refractivity (Wildman–Crippen MR) is 80.3 cm³/mol. The number of hydrogen-bond donors (Lipinski definition) is 1. The molecule has 3 heteroatoms. The van der Waals surface area contributed by atoms with Gasteiger partial charge in [-0.3, -0.25) is 0 Å². The second-order valence-electron chi connectivity index (χ2n) is 4.74. The molecule has 0 spiro atoms. The Labute approximate surface area is 116 Å². The van der Waals surface area contributed by atoms with Gasteiger partial charge >= 0.3 is 0 Å². The van der Waals surface area contributed by atoms with E-state index >= 15 is 0 Å². The van der Waals surface area contributed by atoms with Crippen LogP contribution in [0.4, 0.5) is 5.82 Å². The largest absolute Gasteiger partial charge is 0.369 e. The number of halogens is 1. The molecule has 0 aliphatic carbocycles. The number of hydrogen-bond acceptors (Lipinski definition) is 2. The molecule has 18 heavy (non-hydrogen) atoms. The van der Waals surface area contributed by atoms with E-state index in [0.717, 1.165) is 12.4 Å². The minimum Gasteiger partial charge on any atom is -0.369 e. The Balaban J connectivity index is 1.94. The summed E-state index contributed by atoms with van der Waals surface area (Å²) in [4.78, 5) is 4.20. The first-order chi connectivity index (χ1) is 8.84. The summed E-state index contributed by atoms with van der Waals surface area (Å²) in [6.07, 6.45) is 12.5. The highest BCUT2D eigenvalue weighted by Gasteiger charge is 1.98. The zero-order valence-electron chi connectivity index (χ0n) is 11.4. The average Bonchev–Trinajstić information content (AvgIpc) is 2.39. The van der Waals surface area contributed by atoms with Crippen molar-refractivity contribution >= 4 is 17.4 Å². The summed E-state index contributed by atoms with van der Waals surface area (Å²) < 4.78 is 0. The fraction of sp³-hybridized carbons (Fsp3) is 0.667. The zero-order valence-corrected chi connectivity index (χ0v) is 12.2. The highest BCUT2D eigenvalue weighted by Crippen LogP contribution is 2.17. The van der Waals surface area contributed by atoms with E-state index in [-0.39, 0.29) is 0 Å². The van der Waals surface area contributed by atoms with E-state index in [4.69, 9.17) is 11.6 Å². The molecule has 1 heterocycles. The van der Waals surface area contributed by atoms with Gasteiger partial charge in [0, 0.05) is 12.7 Å². The van der Waals surface area contributed by atoms with Crippen LogP contribution in [0.3, 0.4) is 0 Å². The van der Waals surface area contributed by atoms with Crippen molar-refractivity contribution in [2.45, 2.75) is 58.3 Å². The molecule has 0 aromatic carbocycles. The summed E-state index contributed by atoms with van der Waals surface area (Å²) >= 11 is 6.01. The van der Waals surface area contributed by atoms with Crippen molar-refractivity contribution < 1.29 is 0 Å². The van der Waals surface area contributed by atoms with Gasteiger partial charge in [0.15, 0.2) is 0 Å². The van der Waals surface area contributed by atoms with Crippen molar-refractivity contribution in [3.8, 4) is 0 Å². The summed E-state index contributed by atoms with van der Waals surface area (Å²) in [7, 11) is 0. The smallest absolute Gasteiger partial charge is 0.144 e. The quantitative estimate of drug-likeness (QED) is 0.584. The van der Waals surface area contributed by atoms with Gasteiger partial charge in [-0.1, -0.05) is 63.5 Å². The van der Waals surface area contributed by atoms with E-state index in [1.165, 1.54) is 51.4 Å². The molecular formula is C15H25ClN2. The fourth-order valence-electron chi connectivity index (χ4n) is 1.98. The lowest BCUT2D eigenvalue weighted by Gasteiger charge is -2.06. The first kappa shape index (κ1) is 15.3.